The summed E-state index contributed by atoms with van der Waals surface area (Å²) in [7, 11) is -4.43. The van der Waals surface area contributed by atoms with Gasteiger partial charge in [-0.05, 0) is 11.6 Å². The average molecular weight is 308 g/mol. The van der Waals surface area contributed by atoms with E-state index >= 15 is 0 Å². The summed E-state index contributed by atoms with van der Waals surface area (Å²) < 4.78 is 32.4. The van der Waals surface area contributed by atoms with Crippen molar-refractivity contribution in [2.24, 2.45) is 0 Å². The zero-order valence-electron chi connectivity index (χ0n) is 10.7. The van der Waals surface area contributed by atoms with Crippen molar-refractivity contribution in [3.05, 3.63) is 70.3 Å². The Hall–Kier alpha value is -2.45. The molecule has 8 heteroatoms. The van der Waals surface area contributed by atoms with Gasteiger partial charge in [0.2, 0.25) is 0 Å². The first-order valence-electron chi connectivity index (χ1n) is 5.90. The summed E-state index contributed by atoms with van der Waals surface area (Å²) in [6.45, 7) is 0. The minimum absolute atomic E-state index is 0.179. The highest BCUT2D eigenvalue weighted by molar-refractivity contribution is 7.86. The number of hydrogen-bond donors (Lipinski definition) is 2. The second-order valence-electron chi connectivity index (χ2n) is 4.26. The second-order valence-corrected chi connectivity index (χ2v) is 5.76. The van der Waals surface area contributed by atoms with Gasteiger partial charge < -0.3 is 5.32 Å². The first-order valence-corrected chi connectivity index (χ1v) is 7.40. The molecule has 0 radical (unpaired) electrons. The number of hydrogen-bond acceptors (Lipinski definition) is 5. The summed E-state index contributed by atoms with van der Waals surface area (Å²) in [4.78, 5) is 10.1. The zero-order chi connectivity index (χ0) is 15.5. The Bertz CT molecular complexity index is 746. The van der Waals surface area contributed by atoms with Crippen molar-refractivity contribution in [1.29, 1.82) is 0 Å². The molecule has 0 fully saturated rings. The number of nitro groups is 1. The summed E-state index contributed by atoms with van der Waals surface area (Å²) in [6, 6.07) is 13.4. The van der Waals surface area contributed by atoms with E-state index in [1.54, 1.807) is 18.2 Å². The molecule has 2 aromatic carbocycles. The molecule has 21 heavy (non-hydrogen) atoms. The molecule has 7 nitrogen and oxygen atoms in total. The minimum atomic E-state index is -4.43. The van der Waals surface area contributed by atoms with Crippen LogP contribution in [0, 0.1) is 10.1 Å². The minimum Gasteiger partial charge on any atom is -0.363 e. The molecule has 0 aromatic heterocycles. The van der Waals surface area contributed by atoms with Crippen molar-refractivity contribution in [3.63, 3.8) is 0 Å². The number of nitro benzene ring substituents is 1. The van der Waals surface area contributed by atoms with E-state index in [9.17, 15) is 23.1 Å². The predicted molar refractivity (Wildman–Crippen MR) is 77.5 cm³/mol. The third-order valence-corrected chi connectivity index (χ3v) is 3.74. The maximum Gasteiger partial charge on any atom is 0.290 e. The van der Waals surface area contributed by atoms with E-state index in [4.69, 9.17) is 0 Å². The van der Waals surface area contributed by atoms with Crippen molar-refractivity contribution < 1.29 is 17.9 Å². The van der Waals surface area contributed by atoms with Gasteiger partial charge in [-0.1, -0.05) is 36.4 Å². The first kappa shape index (κ1) is 14.9. The number of anilines is 1. The number of nitrogens with one attached hydrogen (secondary N) is 1. The maximum atomic E-state index is 11.5. The number of benzene rings is 2. The lowest BCUT2D eigenvalue weighted by Crippen LogP contribution is -2.20. The second kappa shape index (κ2) is 5.90. The van der Waals surface area contributed by atoms with Gasteiger partial charge in [-0.25, -0.2) is 0 Å². The lowest BCUT2D eigenvalue weighted by Gasteiger charge is -2.17. The van der Waals surface area contributed by atoms with Gasteiger partial charge in [-0.15, -0.1) is 0 Å². The van der Waals surface area contributed by atoms with Gasteiger partial charge in [-0.3, -0.25) is 14.7 Å². The van der Waals surface area contributed by atoms with Gasteiger partial charge >= 0.3 is 0 Å². The van der Waals surface area contributed by atoms with Crippen LogP contribution in [0.2, 0.25) is 0 Å². The molecule has 0 aliphatic rings. The molecule has 2 rings (SSSR count). The van der Waals surface area contributed by atoms with Crippen LogP contribution in [0.1, 0.15) is 10.9 Å². The summed E-state index contributed by atoms with van der Waals surface area (Å²) in [5.74, 6) is 0. The van der Waals surface area contributed by atoms with Crippen LogP contribution >= 0.6 is 0 Å². The summed E-state index contributed by atoms with van der Waals surface area (Å²) in [5, 5.41) is 11.9. The highest BCUT2D eigenvalue weighted by Crippen LogP contribution is 2.26. The molecular formula is C13H12N2O5S. The average Bonchev–Trinajstić information content (AvgIpc) is 2.45. The fraction of sp³-hybridized carbons (Fsp3) is 0.0769. The molecule has 0 heterocycles. The van der Waals surface area contributed by atoms with E-state index in [1.807, 2.05) is 0 Å². The van der Waals surface area contributed by atoms with Crippen molar-refractivity contribution in [2.45, 2.75) is 5.37 Å². The maximum absolute atomic E-state index is 11.5. The quantitative estimate of drug-likeness (QED) is 0.499. The molecule has 110 valence electrons. The van der Waals surface area contributed by atoms with Gasteiger partial charge in [0.1, 0.15) is 0 Å². The molecule has 0 amide bonds. The first-order chi connectivity index (χ1) is 9.88. The lowest BCUT2D eigenvalue weighted by atomic mass is 10.2. The standard InChI is InChI=1S/C13H12N2O5S/c16-15(17)12-8-4-7-11(9-12)14-13(21(18,19)20)10-5-2-1-3-6-10/h1-9,13-14H,(H,18,19,20)/t13-/m1/s1. The van der Waals surface area contributed by atoms with Crippen molar-refractivity contribution in [3.8, 4) is 0 Å². The molecule has 0 aliphatic carbocycles. The summed E-state index contributed by atoms with van der Waals surface area (Å²) in [6.07, 6.45) is 0. The van der Waals surface area contributed by atoms with E-state index in [-0.39, 0.29) is 11.4 Å². The zero-order valence-corrected chi connectivity index (χ0v) is 11.5. The molecular weight excluding hydrogens is 296 g/mol. The highest BCUT2D eigenvalue weighted by Gasteiger charge is 2.25. The van der Waals surface area contributed by atoms with Crippen molar-refractivity contribution >= 4 is 21.5 Å². The Balaban J connectivity index is 2.37. The molecule has 2 N–H and O–H groups in total. The van der Waals surface area contributed by atoms with Crippen molar-refractivity contribution in [1.82, 2.24) is 0 Å². The molecule has 1 atom stereocenters. The fourth-order valence-corrected chi connectivity index (χ4v) is 2.60. The van der Waals surface area contributed by atoms with E-state index in [0.717, 1.165) is 0 Å². The largest absolute Gasteiger partial charge is 0.363 e. The van der Waals surface area contributed by atoms with Gasteiger partial charge in [0.05, 0.1) is 4.92 Å². The predicted octanol–water partition coefficient (Wildman–Crippen LogP) is 2.59. The smallest absolute Gasteiger partial charge is 0.290 e. The third-order valence-electron chi connectivity index (χ3n) is 2.75. The van der Waals surface area contributed by atoms with Crippen LogP contribution < -0.4 is 5.32 Å². The van der Waals surface area contributed by atoms with Crippen LogP contribution in [0.3, 0.4) is 0 Å². The van der Waals surface area contributed by atoms with Crippen LogP contribution in [0.15, 0.2) is 54.6 Å². The van der Waals surface area contributed by atoms with E-state index in [1.165, 1.54) is 36.4 Å². The molecule has 0 saturated heterocycles. The monoisotopic (exact) mass is 308 g/mol. The summed E-state index contributed by atoms with van der Waals surface area (Å²) >= 11 is 0. The van der Waals surface area contributed by atoms with E-state index in [0.29, 0.717) is 5.56 Å². The molecule has 2 aromatic rings. The fourth-order valence-electron chi connectivity index (χ4n) is 1.82. The Morgan fingerprint density at radius 3 is 2.33 bits per heavy atom. The van der Waals surface area contributed by atoms with Crippen LogP contribution in [-0.4, -0.2) is 17.9 Å². The lowest BCUT2D eigenvalue weighted by molar-refractivity contribution is -0.384. The van der Waals surface area contributed by atoms with Gasteiger partial charge in [0.15, 0.2) is 5.37 Å². The molecule has 0 bridgehead atoms. The Morgan fingerprint density at radius 2 is 1.76 bits per heavy atom. The Kier molecular flexibility index (Phi) is 4.20. The van der Waals surface area contributed by atoms with Gasteiger partial charge in [-0.2, -0.15) is 8.42 Å². The Labute approximate surface area is 121 Å². The normalized spacial score (nSPS) is 12.6. The van der Waals surface area contributed by atoms with Gasteiger partial charge in [0.25, 0.3) is 15.8 Å². The molecule has 0 spiro atoms. The molecule has 0 saturated carbocycles. The number of non-ortho nitro benzene ring substituents is 1. The summed E-state index contributed by atoms with van der Waals surface area (Å²) in [5.41, 5.74) is 0.365. The SMILES string of the molecule is O=[N+]([O-])c1cccc(N[C@@H](c2ccccc2)S(=O)(=O)O)c1. The molecule has 0 unspecified atom stereocenters. The number of nitrogens with zero attached hydrogens (tertiary/aromatic N) is 1. The van der Waals surface area contributed by atoms with Crippen LogP contribution in [0.25, 0.3) is 0 Å². The highest BCUT2D eigenvalue weighted by atomic mass is 32.2. The third kappa shape index (κ3) is 3.77. The topological polar surface area (TPSA) is 110 Å². The molecule has 0 aliphatic heterocycles. The number of rotatable bonds is 5. The van der Waals surface area contributed by atoms with Crippen LogP contribution in [-0.2, 0) is 10.1 Å². The van der Waals surface area contributed by atoms with E-state index < -0.39 is 20.4 Å². The Morgan fingerprint density at radius 1 is 1.10 bits per heavy atom. The van der Waals surface area contributed by atoms with Gasteiger partial charge in [0, 0.05) is 17.8 Å². The van der Waals surface area contributed by atoms with Crippen LogP contribution in [0.5, 0.6) is 0 Å². The van der Waals surface area contributed by atoms with Crippen LogP contribution in [0.4, 0.5) is 11.4 Å². The van der Waals surface area contributed by atoms with E-state index in [2.05, 4.69) is 5.32 Å². The van der Waals surface area contributed by atoms with Crippen molar-refractivity contribution in [2.75, 3.05) is 5.32 Å².